The van der Waals surface area contributed by atoms with Crippen molar-refractivity contribution in [2.75, 3.05) is 0 Å². The second kappa shape index (κ2) is 5.85. The van der Waals surface area contributed by atoms with Gasteiger partial charge in [0.05, 0.1) is 6.26 Å². The Balaban J connectivity index is 2.67. The summed E-state index contributed by atoms with van der Waals surface area (Å²) in [6.07, 6.45) is 1.16. The average Bonchev–Trinajstić information content (AvgIpc) is 2.69. The summed E-state index contributed by atoms with van der Waals surface area (Å²) in [4.78, 5) is 33.2. The Kier molecular flexibility index (Phi) is 4.47. The van der Waals surface area contributed by atoms with Crippen molar-refractivity contribution in [1.29, 1.82) is 0 Å². The Morgan fingerprint density at radius 3 is 2.61 bits per heavy atom. The molecule has 0 fully saturated rings. The van der Waals surface area contributed by atoms with E-state index in [-0.39, 0.29) is 18.6 Å². The van der Waals surface area contributed by atoms with Crippen LogP contribution in [0.5, 0.6) is 0 Å². The molecule has 0 spiro atoms. The predicted molar refractivity (Wildman–Crippen MR) is 60.8 cm³/mol. The van der Waals surface area contributed by atoms with Crippen molar-refractivity contribution < 1.29 is 23.9 Å². The Labute approximate surface area is 103 Å². The first-order valence-electron chi connectivity index (χ1n) is 5.28. The third-order valence-corrected chi connectivity index (χ3v) is 2.35. The van der Waals surface area contributed by atoms with Gasteiger partial charge in [-0.05, 0) is 19.4 Å². The van der Waals surface area contributed by atoms with Gasteiger partial charge in [0.25, 0.3) is 5.91 Å². The van der Waals surface area contributed by atoms with E-state index in [0.29, 0.717) is 5.56 Å². The number of nitrogens with one attached hydrogen (secondary N) is 1. The SMILES string of the molecule is Cc1ccoc1C(=O)NC(CCC(N)=O)C(=O)O. The second-order valence-electron chi connectivity index (χ2n) is 3.80. The number of aliphatic carboxylic acids is 1. The molecule has 0 radical (unpaired) electrons. The van der Waals surface area contributed by atoms with Crippen LogP contribution in [0.25, 0.3) is 0 Å². The molecule has 0 aliphatic rings. The summed E-state index contributed by atoms with van der Waals surface area (Å²) in [7, 11) is 0. The molecule has 0 bridgehead atoms. The molecule has 1 atom stereocenters. The minimum Gasteiger partial charge on any atom is -0.480 e. The third kappa shape index (κ3) is 3.62. The number of nitrogens with two attached hydrogens (primary N) is 1. The van der Waals surface area contributed by atoms with Gasteiger partial charge >= 0.3 is 5.97 Å². The first-order chi connectivity index (χ1) is 8.41. The highest BCUT2D eigenvalue weighted by Gasteiger charge is 2.23. The number of amides is 2. The number of hydrogen-bond acceptors (Lipinski definition) is 4. The van der Waals surface area contributed by atoms with Gasteiger partial charge in [0.2, 0.25) is 5.91 Å². The first kappa shape index (κ1) is 13.8. The van der Waals surface area contributed by atoms with E-state index in [4.69, 9.17) is 15.3 Å². The van der Waals surface area contributed by atoms with E-state index in [1.165, 1.54) is 6.26 Å². The zero-order chi connectivity index (χ0) is 13.7. The second-order valence-corrected chi connectivity index (χ2v) is 3.80. The topological polar surface area (TPSA) is 123 Å². The summed E-state index contributed by atoms with van der Waals surface area (Å²) in [6, 6.07) is 0.420. The lowest BCUT2D eigenvalue weighted by Gasteiger charge is -2.12. The number of aryl methyl sites for hydroxylation is 1. The maximum absolute atomic E-state index is 11.7. The molecule has 1 unspecified atom stereocenters. The fourth-order valence-corrected chi connectivity index (χ4v) is 1.37. The van der Waals surface area contributed by atoms with Crippen LogP contribution in [0.4, 0.5) is 0 Å². The Hall–Kier alpha value is -2.31. The van der Waals surface area contributed by atoms with Gasteiger partial charge in [-0.1, -0.05) is 0 Å². The monoisotopic (exact) mass is 254 g/mol. The van der Waals surface area contributed by atoms with Crippen LogP contribution in [0.2, 0.25) is 0 Å². The maximum atomic E-state index is 11.7. The Bertz CT molecular complexity index is 466. The molecule has 1 heterocycles. The fraction of sp³-hybridized carbons (Fsp3) is 0.364. The van der Waals surface area contributed by atoms with Crippen LogP contribution in [0.15, 0.2) is 16.7 Å². The fourth-order valence-electron chi connectivity index (χ4n) is 1.37. The Morgan fingerprint density at radius 1 is 1.50 bits per heavy atom. The van der Waals surface area contributed by atoms with Crippen molar-refractivity contribution in [3.05, 3.63) is 23.7 Å². The highest BCUT2D eigenvalue weighted by atomic mass is 16.4. The molecule has 2 amide bonds. The summed E-state index contributed by atoms with van der Waals surface area (Å²) >= 11 is 0. The van der Waals surface area contributed by atoms with E-state index in [0.717, 1.165) is 0 Å². The lowest BCUT2D eigenvalue weighted by atomic mass is 10.1. The van der Waals surface area contributed by atoms with Crippen LogP contribution < -0.4 is 11.1 Å². The zero-order valence-corrected chi connectivity index (χ0v) is 9.80. The molecule has 7 heteroatoms. The smallest absolute Gasteiger partial charge is 0.326 e. The van der Waals surface area contributed by atoms with Gasteiger partial charge in [0.15, 0.2) is 5.76 Å². The molecule has 1 aromatic heterocycles. The highest BCUT2D eigenvalue weighted by Crippen LogP contribution is 2.09. The number of rotatable bonds is 6. The molecule has 98 valence electrons. The molecule has 0 aromatic carbocycles. The standard InChI is InChI=1S/C11H14N2O5/c1-6-4-5-18-9(6)10(15)13-7(11(16)17)2-3-8(12)14/h4-5,7H,2-3H2,1H3,(H2,12,14)(H,13,15)(H,16,17). The van der Waals surface area contributed by atoms with Crippen LogP contribution in [0, 0.1) is 6.92 Å². The number of carbonyl (C=O) groups is 3. The lowest BCUT2D eigenvalue weighted by molar-refractivity contribution is -0.139. The van der Waals surface area contributed by atoms with Gasteiger partial charge < -0.3 is 20.6 Å². The van der Waals surface area contributed by atoms with E-state index in [1.54, 1.807) is 13.0 Å². The molecule has 0 aliphatic heterocycles. The van der Waals surface area contributed by atoms with Crippen molar-refractivity contribution >= 4 is 17.8 Å². The Morgan fingerprint density at radius 2 is 2.17 bits per heavy atom. The van der Waals surface area contributed by atoms with Gasteiger partial charge in [-0.15, -0.1) is 0 Å². The van der Waals surface area contributed by atoms with Crippen LogP contribution in [0.3, 0.4) is 0 Å². The van der Waals surface area contributed by atoms with Crippen LogP contribution >= 0.6 is 0 Å². The highest BCUT2D eigenvalue weighted by molar-refractivity contribution is 5.95. The molecule has 1 aromatic rings. The van der Waals surface area contributed by atoms with Crippen LogP contribution in [-0.2, 0) is 9.59 Å². The van der Waals surface area contributed by atoms with E-state index < -0.39 is 23.8 Å². The van der Waals surface area contributed by atoms with E-state index >= 15 is 0 Å². The number of carbonyl (C=O) groups excluding carboxylic acids is 2. The summed E-state index contributed by atoms with van der Waals surface area (Å²) in [5, 5.41) is 11.2. The van der Waals surface area contributed by atoms with Gasteiger partial charge in [0.1, 0.15) is 6.04 Å². The predicted octanol–water partition coefficient (Wildman–Crippen LogP) is 0.0365. The van der Waals surface area contributed by atoms with Crippen molar-refractivity contribution in [1.82, 2.24) is 5.32 Å². The zero-order valence-electron chi connectivity index (χ0n) is 9.80. The van der Waals surface area contributed by atoms with Gasteiger partial charge in [-0.2, -0.15) is 0 Å². The summed E-state index contributed by atoms with van der Waals surface area (Å²) in [5.41, 5.74) is 5.53. The molecule has 4 N–H and O–H groups in total. The molecule has 1 rings (SSSR count). The number of carboxylic acid groups (broad SMARTS) is 1. The number of hydrogen-bond donors (Lipinski definition) is 3. The molecule has 0 aliphatic carbocycles. The molecular weight excluding hydrogens is 240 g/mol. The number of carboxylic acids is 1. The van der Waals surface area contributed by atoms with Gasteiger partial charge in [-0.3, -0.25) is 9.59 Å². The summed E-state index contributed by atoms with van der Waals surface area (Å²) < 4.78 is 4.94. The van der Waals surface area contributed by atoms with Gasteiger partial charge in [-0.25, -0.2) is 4.79 Å². The molecule has 7 nitrogen and oxygen atoms in total. The van der Waals surface area contributed by atoms with E-state index in [2.05, 4.69) is 5.32 Å². The maximum Gasteiger partial charge on any atom is 0.326 e. The van der Waals surface area contributed by atoms with Crippen molar-refractivity contribution in [3.63, 3.8) is 0 Å². The molecule has 0 saturated heterocycles. The summed E-state index contributed by atoms with van der Waals surface area (Å²) in [6.45, 7) is 1.66. The van der Waals surface area contributed by atoms with E-state index in [9.17, 15) is 14.4 Å². The normalized spacial score (nSPS) is 11.8. The minimum absolute atomic E-state index is 0.0559. The number of primary amides is 1. The van der Waals surface area contributed by atoms with Gasteiger partial charge in [0, 0.05) is 12.0 Å². The van der Waals surface area contributed by atoms with Crippen LogP contribution in [0.1, 0.15) is 29.0 Å². The van der Waals surface area contributed by atoms with Crippen LogP contribution in [-0.4, -0.2) is 28.9 Å². The average molecular weight is 254 g/mol. The largest absolute Gasteiger partial charge is 0.480 e. The quantitative estimate of drug-likeness (QED) is 0.661. The van der Waals surface area contributed by atoms with Crippen molar-refractivity contribution in [2.45, 2.75) is 25.8 Å². The van der Waals surface area contributed by atoms with Crippen molar-refractivity contribution in [3.8, 4) is 0 Å². The minimum atomic E-state index is -1.23. The van der Waals surface area contributed by atoms with Crippen molar-refractivity contribution in [2.24, 2.45) is 5.73 Å². The lowest BCUT2D eigenvalue weighted by Crippen LogP contribution is -2.41. The number of furan rings is 1. The molecule has 0 saturated carbocycles. The first-order valence-corrected chi connectivity index (χ1v) is 5.28. The molecule has 18 heavy (non-hydrogen) atoms. The third-order valence-electron chi connectivity index (χ3n) is 2.35. The van der Waals surface area contributed by atoms with E-state index in [1.807, 2.05) is 0 Å². The summed E-state index contributed by atoms with van der Waals surface area (Å²) in [5.74, 6) is -2.42. The molecular formula is C11H14N2O5.